The molecule has 0 saturated heterocycles. The lowest BCUT2D eigenvalue weighted by molar-refractivity contribution is -0.141. The number of hydrogen-bond acceptors (Lipinski definition) is 3. The summed E-state index contributed by atoms with van der Waals surface area (Å²) in [4.78, 5) is 23.6. The van der Waals surface area contributed by atoms with E-state index in [4.69, 9.17) is 27.9 Å². The molecule has 0 amide bonds. The van der Waals surface area contributed by atoms with Crippen LogP contribution >= 0.6 is 23.2 Å². The zero-order chi connectivity index (χ0) is 15.2. The van der Waals surface area contributed by atoms with Gasteiger partial charge >= 0.3 is 5.97 Å². The topological polar surface area (TPSA) is 43.4 Å². The summed E-state index contributed by atoms with van der Waals surface area (Å²) in [6.07, 6.45) is 0.122. The molecular formula is C16H12Cl2O3. The van der Waals surface area contributed by atoms with Crippen molar-refractivity contribution in [2.24, 2.45) is 0 Å². The third-order valence-corrected chi connectivity index (χ3v) is 3.35. The molecule has 21 heavy (non-hydrogen) atoms. The van der Waals surface area contributed by atoms with E-state index in [0.717, 1.165) is 5.56 Å². The number of benzene rings is 2. The first-order valence-corrected chi connectivity index (χ1v) is 6.99. The molecule has 5 heteroatoms. The molecule has 108 valence electrons. The average molecular weight is 323 g/mol. The standard InChI is InChI=1S/C16H12Cl2O3/c17-12-6-7-14(18)13(9-12)15(19)10-21-16(20)8-11-4-2-1-3-5-11/h1-7,9H,8,10H2. The molecule has 0 fully saturated rings. The van der Waals surface area contributed by atoms with Gasteiger partial charge in [0.1, 0.15) is 0 Å². The van der Waals surface area contributed by atoms with Gasteiger partial charge in [0.05, 0.1) is 11.4 Å². The zero-order valence-electron chi connectivity index (χ0n) is 11.0. The smallest absolute Gasteiger partial charge is 0.310 e. The van der Waals surface area contributed by atoms with Gasteiger partial charge in [0.2, 0.25) is 5.78 Å². The highest BCUT2D eigenvalue weighted by Gasteiger charge is 2.14. The highest BCUT2D eigenvalue weighted by Crippen LogP contribution is 2.21. The molecule has 0 aromatic heterocycles. The summed E-state index contributed by atoms with van der Waals surface area (Å²) < 4.78 is 4.97. The molecular weight excluding hydrogens is 311 g/mol. The highest BCUT2D eigenvalue weighted by molar-refractivity contribution is 6.36. The Kier molecular flexibility index (Phi) is 5.37. The minimum Gasteiger partial charge on any atom is -0.457 e. The molecule has 0 saturated carbocycles. The Morgan fingerprint density at radius 1 is 1.00 bits per heavy atom. The molecule has 2 aromatic rings. The summed E-state index contributed by atoms with van der Waals surface area (Å²) in [6, 6.07) is 13.7. The van der Waals surface area contributed by atoms with Crippen molar-refractivity contribution >= 4 is 35.0 Å². The Balaban J connectivity index is 1.92. The molecule has 0 heterocycles. The van der Waals surface area contributed by atoms with Crippen molar-refractivity contribution < 1.29 is 14.3 Å². The molecule has 0 aliphatic carbocycles. The molecule has 0 aliphatic heterocycles. The monoisotopic (exact) mass is 322 g/mol. The molecule has 0 N–H and O–H groups in total. The summed E-state index contributed by atoms with van der Waals surface area (Å²) in [7, 11) is 0. The number of carbonyl (C=O) groups excluding carboxylic acids is 2. The normalized spacial score (nSPS) is 10.2. The average Bonchev–Trinajstić information content (AvgIpc) is 2.48. The summed E-state index contributed by atoms with van der Waals surface area (Å²) in [5.74, 6) is -0.850. The Morgan fingerprint density at radius 3 is 2.43 bits per heavy atom. The second kappa shape index (κ2) is 7.25. The summed E-state index contributed by atoms with van der Waals surface area (Å²) >= 11 is 11.7. The summed E-state index contributed by atoms with van der Waals surface area (Å²) in [5.41, 5.74) is 1.08. The van der Waals surface area contributed by atoms with E-state index in [-0.39, 0.29) is 29.4 Å². The van der Waals surface area contributed by atoms with Gasteiger partial charge in [0.25, 0.3) is 0 Å². The predicted octanol–water partition coefficient (Wildman–Crippen LogP) is 3.96. The van der Waals surface area contributed by atoms with Gasteiger partial charge in [-0.2, -0.15) is 0 Å². The lowest BCUT2D eigenvalue weighted by Crippen LogP contribution is -2.16. The largest absolute Gasteiger partial charge is 0.457 e. The molecule has 0 atom stereocenters. The van der Waals surface area contributed by atoms with E-state index < -0.39 is 5.97 Å². The minimum absolute atomic E-state index is 0.122. The van der Waals surface area contributed by atoms with Gasteiger partial charge in [-0.05, 0) is 23.8 Å². The van der Waals surface area contributed by atoms with Crippen LogP contribution in [0.25, 0.3) is 0 Å². The van der Waals surface area contributed by atoms with Crippen molar-refractivity contribution in [1.82, 2.24) is 0 Å². The van der Waals surface area contributed by atoms with Crippen LogP contribution in [-0.4, -0.2) is 18.4 Å². The number of esters is 1. The first-order chi connectivity index (χ1) is 10.1. The number of hydrogen-bond donors (Lipinski definition) is 0. The molecule has 2 aromatic carbocycles. The van der Waals surface area contributed by atoms with Crippen molar-refractivity contribution in [3.63, 3.8) is 0 Å². The number of halogens is 2. The van der Waals surface area contributed by atoms with Gasteiger partial charge in [-0.25, -0.2) is 0 Å². The first kappa shape index (κ1) is 15.5. The summed E-state index contributed by atoms with van der Waals surface area (Å²) in [5, 5.41) is 0.682. The van der Waals surface area contributed by atoms with Crippen LogP contribution < -0.4 is 0 Å². The molecule has 0 bridgehead atoms. The fraction of sp³-hybridized carbons (Fsp3) is 0.125. The van der Waals surface area contributed by atoms with Crippen LogP contribution in [0.2, 0.25) is 10.0 Å². The van der Waals surface area contributed by atoms with Crippen LogP contribution in [0.3, 0.4) is 0 Å². The second-order valence-electron chi connectivity index (χ2n) is 4.37. The lowest BCUT2D eigenvalue weighted by atomic mass is 10.1. The van der Waals surface area contributed by atoms with E-state index in [0.29, 0.717) is 5.02 Å². The van der Waals surface area contributed by atoms with E-state index in [9.17, 15) is 9.59 Å². The molecule has 0 aliphatic rings. The van der Waals surface area contributed by atoms with E-state index in [1.807, 2.05) is 30.3 Å². The van der Waals surface area contributed by atoms with Crippen molar-refractivity contribution in [1.29, 1.82) is 0 Å². The Labute approximate surface area is 132 Å². The predicted molar refractivity (Wildman–Crippen MR) is 81.9 cm³/mol. The quantitative estimate of drug-likeness (QED) is 0.618. The molecule has 0 radical (unpaired) electrons. The summed E-state index contributed by atoms with van der Waals surface area (Å²) in [6.45, 7) is -0.355. The number of ether oxygens (including phenoxy) is 1. The third-order valence-electron chi connectivity index (χ3n) is 2.78. The van der Waals surface area contributed by atoms with E-state index in [1.54, 1.807) is 6.07 Å². The zero-order valence-corrected chi connectivity index (χ0v) is 12.5. The van der Waals surface area contributed by atoms with Crippen LogP contribution in [0.15, 0.2) is 48.5 Å². The number of rotatable bonds is 5. The maximum atomic E-state index is 12.0. The van der Waals surface area contributed by atoms with E-state index in [1.165, 1.54) is 12.1 Å². The van der Waals surface area contributed by atoms with Gasteiger partial charge in [-0.15, -0.1) is 0 Å². The Hall–Kier alpha value is -1.84. The van der Waals surface area contributed by atoms with E-state index in [2.05, 4.69) is 0 Å². The molecule has 0 unspecified atom stereocenters. The van der Waals surface area contributed by atoms with Crippen molar-refractivity contribution in [3.05, 3.63) is 69.7 Å². The molecule has 2 rings (SSSR count). The maximum Gasteiger partial charge on any atom is 0.310 e. The highest BCUT2D eigenvalue weighted by atomic mass is 35.5. The fourth-order valence-electron chi connectivity index (χ4n) is 1.75. The van der Waals surface area contributed by atoms with Crippen molar-refractivity contribution in [2.75, 3.05) is 6.61 Å². The number of ketones is 1. The molecule has 3 nitrogen and oxygen atoms in total. The SMILES string of the molecule is O=C(Cc1ccccc1)OCC(=O)c1cc(Cl)ccc1Cl. The Morgan fingerprint density at radius 2 is 1.71 bits per heavy atom. The van der Waals surface area contributed by atoms with Crippen molar-refractivity contribution in [2.45, 2.75) is 6.42 Å². The third kappa shape index (κ3) is 4.59. The van der Waals surface area contributed by atoms with Crippen LogP contribution in [-0.2, 0) is 16.0 Å². The minimum atomic E-state index is -0.465. The number of Topliss-reactive ketones (excluding diaryl/α,β-unsaturated/α-hetero) is 1. The van der Waals surface area contributed by atoms with Gasteiger partial charge in [-0.3, -0.25) is 9.59 Å². The number of carbonyl (C=O) groups is 2. The lowest BCUT2D eigenvalue weighted by Gasteiger charge is -2.06. The van der Waals surface area contributed by atoms with Gasteiger partial charge in [-0.1, -0.05) is 53.5 Å². The second-order valence-corrected chi connectivity index (χ2v) is 5.21. The maximum absolute atomic E-state index is 12.0. The van der Waals surface area contributed by atoms with Crippen LogP contribution in [0, 0.1) is 0 Å². The van der Waals surface area contributed by atoms with Gasteiger partial charge < -0.3 is 4.74 Å². The first-order valence-electron chi connectivity index (χ1n) is 6.24. The van der Waals surface area contributed by atoms with E-state index >= 15 is 0 Å². The van der Waals surface area contributed by atoms with Crippen LogP contribution in [0.5, 0.6) is 0 Å². The van der Waals surface area contributed by atoms with Crippen molar-refractivity contribution in [3.8, 4) is 0 Å². The molecule has 0 spiro atoms. The Bertz CT molecular complexity index is 654. The fourth-order valence-corrected chi connectivity index (χ4v) is 2.14. The van der Waals surface area contributed by atoms with Gasteiger partial charge in [0.15, 0.2) is 6.61 Å². The van der Waals surface area contributed by atoms with Gasteiger partial charge in [0, 0.05) is 10.6 Å². The van der Waals surface area contributed by atoms with Crippen LogP contribution in [0.1, 0.15) is 15.9 Å². The van der Waals surface area contributed by atoms with Crippen LogP contribution in [0.4, 0.5) is 0 Å².